The Hall–Kier alpha value is -0.350. The number of unbranched alkanes of at least 4 members (excludes halogenated alkanes) is 14. The summed E-state index contributed by atoms with van der Waals surface area (Å²) in [5.41, 5.74) is 0. The molecule has 3 nitrogen and oxygen atoms in total. The highest BCUT2D eigenvalue weighted by Crippen LogP contribution is 2.13. The van der Waals surface area contributed by atoms with Gasteiger partial charge in [-0.05, 0) is 12.8 Å². The van der Waals surface area contributed by atoms with E-state index in [1.165, 1.54) is 83.1 Å². The average molecular weight is 333 g/mol. The van der Waals surface area contributed by atoms with E-state index >= 15 is 0 Å². The van der Waals surface area contributed by atoms with Crippen LogP contribution in [0.15, 0.2) is 11.5 Å². The van der Waals surface area contributed by atoms with Gasteiger partial charge in [0.15, 0.2) is 0 Å². The number of hydrogen-bond donors (Lipinski definition) is 1. The van der Waals surface area contributed by atoms with E-state index in [0.29, 0.717) is 0 Å². The predicted octanol–water partition coefficient (Wildman–Crippen LogP) is 6.26. The third-order valence-electron chi connectivity index (χ3n) is 3.99. The molecule has 0 aliphatic heterocycles. The lowest BCUT2D eigenvalue weighted by Crippen LogP contribution is -1.89. The van der Waals surface area contributed by atoms with Gasteiger partial charge in [0.25, 0.3) is 10.1 Å². The third kappa shape index (κ3) is 19.7. The quantitative estimate of drug-likeness (QED) is 0.268. The lowest BCUT2D eigenvalue weighted by Gasteiger charge is -2.02. The van der Waals surface area contributed by atoms with Crippen LogP contribution in [0.1, 0.15) is 103 Å². The normalized spacial score (nSPS) is 12.3. The minimum atomic E-state index is -3.92. The zero-order valence-electron chi connectivity index (χ0n) is 14.4. The van der Waals surface area contributed by atoms with Crippen molar-refractivity contribution in [2.24, 2.45) is 0 Å². The molecule has 0 bridgehead atoms. The van der Waals surface area contributed by atoms with Gasteiger partial charge in [-0.15, -0.1) is 0 Å². The smallest absolute Gasteiger partial charge is 0.282 e. The Labute approximate surface area is 138 Å². The van der Waals surface area contributed by atoms with Crippen molar-refractivity contribution in [3.8, 4) is 0 Å². The summed E-state index contributed by atoms with van der Waals surface area (Å²) < 4.78 is 29.4. The molecule has 0 heterocycles. The molecule has 0 fully saturated rings. The summed E-state index contributed by atoms with van der Waals surface area (Å²) in [5.74, 6) is 0. The van der Waals surface area contributed by atoms with Crippen molar-refractivity contribution in [2.75, 3.05) is 0 Å². The van der Waals surface area contributed by atoms with Gasteiger partial charge in [-0.1, -0.05) is 96.5 Å². The molecule has 0 rings (SSSR count). The van der Waals surface area contributed by atoms with Crippen molar-refractivity contribution < 1.29 is 13.0 Å². The minimum absolute atomic E-state index is 0.734. The van der Waals surface area contributed by atoms with Gasteiger partial charge in [-0.3, -0.25) is 4.55 Å². The first-order valence-corrected chi connectivity index (χ1v) is 10.7. The minimum Gasteiger partial charge on any atom is -0.282 e. The van der Waals surface area contributed by atoms with Crippen LogP contribution in [-0.4, -0.2) is 13.0 Å². The topological polar surface area (TPSA) is 54.4 Å². The Morgan fingerprint density at radius 3 is 1.41 bits per heavy atom. The van der Waals surface area contributed by atoms with Gasteiger partial charge < -0.3 is 0 Å². The van der Waals surface area contributed by atoms with Crippen LogP contribution in [0.3, 0.4) is 0 Å². The zero-order chi connectivity index (χ0) is 16.5. The van der Waals surface area contributed by atoms with E-state index in [4.69, 9.17) is 4.55 Å². The van der Waals surface area contributed by atoms with Crippen molar-refractivity contribution in [1.82, 2.24) is 0 Å². The van der Waals surface area contributed by atoms with Crippen LogP contribution in [0, 0.1) is 0 Å². The van der Waals surface area contributed by atoms with Gasteiger partial charge in [0.05, 0.1) is 5.41 Å². The summed E-state index contributed by atoms with van der Waals surface area (Å²) in [6.45, 7) is 2.26. The molecule has 0 radical (unpaired) electrons. The number of hydrogen-bond acceptors (Lipinski definition) is 2. The second kappa shape index (κ2) is 15.5. The lowest BCUT2D eigenvalue weighted by molar-refractivity contribution is 0.494. The largest absolute Gasteiger partial charge is 0.287 e. The van der Waals surface area contributed by atoms with Gasteiger partial charge in [-0.25, -0.2) is 0 Å². The molecule has 0 aromatic carbocycles. The zero-order valence-corrected chi connectivity index (χ0v) is 15.2. The molecule has 0 spiro atoms. The summed E-state index contributed by atoms with van der Waals surface area (Å²) in [7, 11) is -3.92. The molecule has 4 heteroatoms. The summed E-state index contributed by atoms with van der Waals surface area (Å²) in [6.07, 6.45) is 20.8. The molecule has 0 atom stereocenters. The van der Waals surface area contributed by atoms with Gasteiger partial charge >= 0.3 is 0 Å². The molecule has 132 valence electrons. The highest BCUT2D eigenvalue weighted by molar-refractivity contribution is 7.88. The predicted molar refractivity (Wildman–Crippen MR) is 95.6 cm³/mol. The lowest BCUT2D eigenvalue weighted by atomic mass is 10.0. The van der Waals surface area contributed by atoms with Crippen molar-refractivity contribution in [1.29, 1.82) is 0 Å². The van der Waals surface area contributed by atoms with Gasteiger partial charge in [0, 0.05) is 0 Å². The summed E-state index contributed by atoms with van der Waals surface area (Å²) in [4.78, 5) is 0. The maximum Gasteiger partial charge on any atom is 0.287 e. The van der Waals surface area contributed by atoms with Crippen LogP contribution in [0.25, 0.3) is 0 Å². The van der Waals surface area contributed by atoms with Gasteiger partial charge in [0.2, 0.25) is 0 Å². The molecule has 0 aromatic rings. The molecule has 0 aliphatic rings. The van der Waals surface area contributed by atoms with Crippen LogP contribution in [-0.2, 0) is 10.1 Å². The van der Waals surface area contributed by atoms with E-state index in [-0.39, 0.29) is 0 Å². The number of allylic oxidation sites excluding steroid dienone is 1. The second-order valence-corrected chi connectivity index (χ2v) is 7.57. The summed E-state index contributed by atoms with van der Waals surface area (Å²) in [5, 5.41) is 0.884. The van der Waals surface area contributed by atoms with E-state index in [2.05, 4.69) is 6.92 Å². The molecule has 0 saturated heterocycles. The Morgan fingerprint density at radius 1 is 0.682 bits per heavy atom. The molecule has 0 amide bonds. The molecule has 1 N–H and O–H groups in total. The number of rotatable bonds is 16. The molecule has 22 heavy (non-hydrogen) atoms. The molecule has 0 aliphatic carbocycles. The summed E-state index contributed by atoms with van der Waals surface area (Å²) in [6, 6.07) is 0. The average Bonchev–Trinajstić information content (AvgIpc) is 2.45. The molecule has 0 unspecified atom stereocenters. The highest BCUT2D eigenvalue weighted by atomic mass is 32.2. The fourth-order valence-electron chi connectivity index (χ4n) is 2.65. The van der Waals surface area contributed by atoms with Crippen molar-refractivity contribution in [3.63, 3.8) is 0 Å². The van der Waals surface area contributed by atoms with Crippen LogP contribution in [0.4, 0.5) is 0 Å². The van der Waals surface area contributed by atoms with Crippen molar-refractivity contribution in [2.45, 2.75) is 103 Å². The maximum atomic E-state index is 10.4. The molecular weight excluding hydrogens is 296 g/mol. The standard InChI is InChI=1S/C18H36O3S/c1-2-3-4-5-6-7-8-9-10-11-12-13-14-15-16-17-18-22(19,20)21/h17-18H,2-16H2,1H3,(H,19,20,21). The Balaban J connectivity index is 3.10. The van der Waals surface area contributed by atoms with Crippen LogP contribution >= 0.6 is 0 Å². The Bertz CT molecular complexity index is 347. The fraction of sp³-hybridized carbons (Fsp3) is 0.889. The third-order valence-corrected chi connectivity index (χ3v) is 4.53. The van der Waals surface area contributed by atoms with Gasteiger partial charge in [-0.2, -0.15) is 8.42 Å². The van der Waals surface area contributed by atoms with E-state index in [0.717, 1.165) is 24.7 Å². The van der Waals surface area contributed by atoms with E-state index in [1.807, 2.05) is 0 Å². The Kier molecular flexibility index (Phi) is 15.3. The summed E-state index contributed by atoms with van der Waals surface area (Å²) >= 11 is 0. The van der Waals surface area contributed by atoms with Crippen LogP contribution in [0.5, 0.6) is 0 Å². The molecular formula is C18H36O3S. The van der Waals surface area contributed by atoms with E-state index in [9.17, 15) is 8.42 Å². The monoisotopic (exact) mass is 332 g/mol. The molecule has 0 saturated carbocycles. The second-order valence-electron chi connectivity index (χ2n) is 6.27. The SMILES string of the molecule is CCCCCCCCCCCCCCCCC=CS(=O)(=O)O. The van der Waals surface area contributed by atoms with Crippen molar-refractivity contribution in [3.05, 3.63) is 11.5 Å². The Morgan fingerprint density at radius 2 is 1.05 bits per heavy atom. The van der Waals surface area contributed by atoms with E-state index < -0.39 is 10.1 Å². The first-order valence-electron chi connectivity index (χ1n) is 9.20. The first kappa shape index (κ1) is 21.6. The first-order chi connectivity index (χ1) is 10.6. The van der Waals surface area contributed by atoms with E-state index in [1.54, 1.807) is 0 Å². The maximum absolute atomic E-state index is 10.4. The fourth-order valence-corrected chi connectivity index (χ4v) is 3.03. The van der Waals surface area contributed by atoms with Crippen LogP contribution < -0.4 is 0 Å². The molecule has 0 aromatic heterocycles. The van der Waals surface area contributed by atoms with Gasteiger partial charge in [0.1, 0.15) is 0 Å². The highest BCUT2D eigenvalue weighted by Gasteiger charge is 1.95. The van der Waals surface area contributed by atoms with Crippen molar-refractivity contribution >= 4 is 10.1 Å². The van der Waals surface area contributed by atoms with Crippen LogP contribution in [0.2, 0.25) is 0 Å².